The van der Waals surface area contributed by atoms with Crippen molar-refractivity contribution in [3.05, 3.63) is 90.4 Å². The molecule has 0 spiro atoms. The van der Waals surface area contributed by atoms with Crippen LogP contribution in [0.3, 0.4) is 0 Å². The summed E-state index contributed by atoms with van der Waals surface area (Å²) in [4.78, 5) is 21.0. The Hall–Kier alpha value is -4.82. The molecule has 4 heterocycles. The minimum Gasteiger partial charge on any atom is -0.353 e. The molecular formula is C34H31FN6O. The number of hydrogen-bond donors (Lipinski definition) is 4. The second kappa shape index (κ2) is 10.9. The maximum absolute atomic E-state index is 14.0. The predicted molar refractivity (Wildman–Crippen MR) is 166 cm³/mol. The van der Waals surface area contributed by atoms with Crippen molar-refractivity contribution >= 4 is 33.5 Å². The first kappa shape index (κ1) is 26.1. The summed E-state index contributed by atoms with van der Waals surface area (Å²) < 4.78 is 14.0. The molecule has 7 nitrogen and oxygen atoms in total. The zero-order chi connectivity index (χ0) is 28.6. The molecule has 1 aliphatic rings. The average molecular weight is 559 g/mol. The van der Waals surface area contributed by atoms with Crippen LogP contribution in [0.5, 0.6) is 0 Å². The first-order valence-electron chi connectivity index (χ1n) is 14.3. The molecular weight excluding hydrogens is 527 g/mol. The van der Waals surface area contributed by atoms with Gasteiger partial charge in [0.25, 0.3) is 0 Å². The van der Waals surface area contributed by atoms with Crippen LogP contribution in [0.1, 0.15) is 24.8 Å². The Balaban J connectivity index is 1.21. The van der Waals surface area contributed by atoms with Crippen molar-refractivity contribution in [2.75, 3.05) is 18.4 Å². The third-order valence-corrected chi connectivity index (χ3v) is 8.11. The largest absolute Gasteiger partial charge is 0.353 e. The molecule has 0 unspecified atom stereocenters. The summed E-state index contributed by atoms with van der Waals surface area (Å²) in [5.41, 5.74) is 8.76. The second-order valence-corrected chi connectivity index (χ2v) is 11.2. The van der Waals surface area contributed by atoms with E-state index in [1.165, 1.54) is 6.07 Å². The Bertz CT molecular complexity index is 1930. The van der Waals surface area contributed by atoms with Gasteiger partial charge < -0.3 is 15.6 Å². The van der Waals surface area contributed by atoms with Crippen molar-refractivity contribution in [2.45, 2.75) is 26.2 Å². The first-order chi connectivity index (χ1) is 20.5. The lowest BCUT2D eigenvalue weighted by molar-refractivity contribution is -0.117. The monoisotopic (exact) mass is 558 g/mol. The lowest BCUT2D eigenvalue weighted by Gasteiger charge is -2.22. The van der Waals surface area contributed by atoms with Crippen LogP contribution in [-0.2, 0) is 4.79 Å². The Labute approximate surface area is 242 Å². The van der Waals surface area contributed by atoms with Gasteiger partial charge in [0.1, 0.15) is 5.82 Å². The summed E-state index contributed by atoms with van der Waals surface area (Å²) in [7, 11) is 0. The Morgan fingerprint density at radius 3 is 2.67 bits per heavy atom. The van der Waals surface area contributed by atoms with E-state index < -0.39 is 0 Å². The van der Waals surface area contributed by atoms with Gasteiger partial charge >= 0.3 is 0 Å². The number of benzene rings is 3. The molecule has 42 heavy (non-hydrogen) atoms. The zero-order valence-electron chi connectivity index (χ0n) is 23.3. The molecule has 3 aromatic carbocycles. The summed E-state index contributed by atoms with van der Waals surface area (Å²) in [5, 5.41) is 16.0. The number of nitrogens with one attached hydrogen (secondary N) is 4. The number of pyridine rings is 1. The summed E-state index contributed by atoms with van der Waals surface area (Å²) in [6.07, 6.45) is 4.43. The number of nitrogens with zero attached hydrogens (tertiary/aromatic N) is 2. The van der Waals surface area contributed by atoms with E-state index in [0.29, 0.717) is 18.0 Å². The van der Waals surface area contributed by atoms with Gasteiger partial charge in [0.2, 0.25) is 5.91 Å². The van der Waals surface area contributed by atoms with Gasteiger partial charge in [0, 0.05) is 40.2 Å². The van der Waals surface area contributed by atoms with E-state index in [1.807, 2.05) is 49.5 Å². The molecule has 210 valence electrons. The minimum atomic E-state index is -0.265. The average Bonchev–Trinajstić information content (AvgIpc) is 3.61. The van der Waals surface area contributed by atoms with E-state index in [4.69, 9.17) is 0 Å². The van der Waals surface area contributed by atoms with Crippen molar-refractivity contribution < 1.29 is 9.18 Å². The third kappa shape index (κ3) is 5.17. The fraction of sp³-hybridized carbons (Fsp3) is 0.206. The van der Waals surface area contributed by atoms with Crippen molar-refractivity contribution in [3.8, 4) is 33.6 Å². The van der Waals surface area contributed by atoms with Gasteiger partial charge in [-0.05, 0) is 103 Å². The second-order valence-electron chi connectivity index (χ2n) is 11.2. The normalized spacial score (nSPS) is 14.0. The molecule has 1 fully saturated rings. The van der Waals surface area contributed by atoms with Gasteiger partial charge in [0.05, 0.1) is 11.4 Å². The molecule has 3 aromatic heterocycles. The van der Waals surface area contributed by atoms with Crippen LogP contribution in [0.15, 0.2) is 79.0 Å². The highest BCUT2D eigenvalue weighted by molar-refractivity contribution is 6.01. The maximum Gasteiger partial charge on any atom is 0.224 e. The number of H-pyrrole nitrogens is 2. The van der Waals surface area contributed by atoms with Gasteiger partial charge in [0.15, 0.2) is 5.65 Å². The highest BCUT2D eigenvalue weighted by Crippen LogP contribution is 2.35. The number of carbonyl (C=O) groups is 1. The van der Waals surface area contributed by atoms with Gasteiger partial charge in [-0.1, -0.05) is 30.3 Å². The summed E-state index contributed by atoms with van der Waals surface area (Å²) >= 11 is 0. The van der Waals surface area contributed by atoms with Crippen LogP contribution in [0.2, 0.25) is 0 Å². The number of rotatable bonds is 6. The molecule has 4 N–H and O–H groups in total. The highest BCUT2D eigenvalue weighted by atomic mass is 19.1. The molecule has 6 aromatic rings. The smallest absolute Gasteiger partial charge is 0.224 e. The standard InChI is InChI=1S/C34H31FN6O/c1-20-12-23(16-26(13-20)38-32(42)14-21-8-10-36-11-9-21)24-17-29-33(40-41-34(29)37-19-24)31-18-28-27(6-3-7-30(28)39-31)22-4-2-5-25(35)15-22/h2-7,12-13,15-19,21,36,39H,8-11,14H2,1H3,(H,38,42)(H,37,40,41). The van der Waals surface area contributed by atoms with Gasteiger partial charge in [-0.25, -0.2) is 9.37 Å². The molecule has 1 aliphatic heterocycles. The summed E-state index contributed by atoms with van der Waals surface area (Å²) in [6.45, 7) is 3.98. The quantitative estimate of drug-likeness (QED) is 0.174. The van der Waals surface area contributed by atoms with Gasteiger partial charge in [-0.2, -0.15) is 5.10 Å². The molecule has 7 rings (SSSR count). The van der Waals surface area contributed by atoms with Crippen LogP contribution in [-0.4, -0.2) is 39.2 Å². The summed E-state index contributed by atoms with van der Waals surface area (Å²) in [6, 6.07) is 22.9. The Morgan fingerprint density at radius 1 is 0.952 bits per heavy atom. The van der Waals surface area contributed by atoms with Crippen molar-refractivity contribution in [3.63, 3.8) is 0 Å². The van der Waals surface area contributed by atoms with E-state index in [1.54, 1.807) is 12.1 Å². The van der Waals surface area contributed by atoms with Gasteiger partial charge in [-0.3, -0.25) is 9.89 Å². The third-order valence-electron chi connectivity index (χ3n) is 8.11. The molecule has 0 atom stereocenters. The highest BCUT2D eigenvalue weighted by Gasteiger charge is 2.18. The summed E-state index contributed by atoms with van der Waals surface area (Å²) in [5.74, 6) is 0.218. The maximum atomic E-state index is 14.0. The molecule has 0 bridgehead atoms. The SMILES string of the molecule is Cc1cc(NC(=O)CC2CCNCC2)cc(-c2cnc3n[nH]c(-c4cc5c(-c6cccc(F)c6)cccc5[nH]4)c3c2)c1. The lowest BCUT2D eigenvalue weighted by atomic mass is 9.94. The molecule has 0 radical (unpaired) electrons. The number of halogens is 1. The van der Waals surface area contributed by atoms with E-state index in [0.717, 1.165) is 87.1 Å². The number of hydrogen-bond acceptors (Lipinski definition) is 4. The van der Waals surface area contributed by atoms with Gasteiger partial charge in [-0.15, -0.1) is 0 Å². The van der Waals surface area contributed by atoms with Crippen LogP contribution in [0.25, 0.3) is 55.6 Å². The van der Waals surface area contributed by atoms with E-state index in [-0.39, 0.29) is 11.7 Å². The molecule has 0 aliphatic carbocycles. The van der Waals surface area contributed by atoms with Crippen LogP contribution in [0.4, 0.5) is 10.1 Å². The number of amides is 1. The number of fused-ring (bicyclic) bond motifs is 2. The minimum absolute atomic E-state index is 0.0561. The van der Waals surface area contributed by atoms with Crippen molar-refractivity contribution in [1.29, 1.82) is 0 Å². The van der Waals surface area contributed by atoms with Crippen molar-refractivity contribution in [1.82, 2.24) is 25.5 Å². The topological polar surface area (TPSA) is 98.5 Å². The number of aromatic amines is 2. The van der Waals surface area contributed by atoms with E-state index >= 15 is 0 Å². The van der Waals surface area contributed by atoms with Crippen LogP contribution < -0.4 is 10.6 Å². The van der Waals surface area contributed by atoms with Crippen LogP contribution in [0, 0.1) is 18.7 Å². The number of aryl methyl sites for hydroxylation is 1. The fourth-order valence-corrected chi connectivity index (χ4v) is 6.04. The Kier molecular flexibility index (Phi) is 6.76. The predicted octanol–water partition coefficient (Wildman–Crippen LogP) is 7.22. The molecule has 1 amide bonds. The molecule has 1 saturated heterocycles. The number of carbonyl (C=O) groups excluding carboxylic acids is 1. The van der Waals surface area contributed by atoms with E-state index in [9.17, 15) is 9.18 Å². The number of anilines is 1. The molecule has 0 saturated carbocycles. The van der Waals surface area contributed by atoms with Crippen molar-refractivity contribution in [2.24, 2.45) is 5.92 Å². The number of piperidine rings is 1. The van der Waals surface area contributed by atoms with Crippen LogP contribution >= 0.6 is 0 Å². The fourth-order valence-electron chi connectivity index (χ4n) is 6.04. The number of aromatic nitrogens is 4. The Morgan fingerprint density at radius 2 is 1.81 bits per heavy atom. The van der Waals surface area contributed by atoms with E-state index in [2.05, 4.69) is 49.0 Å². The molecule has 8 heteroatoms. The lowest BCUT2D eigenvalue weighted by Crippen LogP contribution is -2.30. The first-order valence-corrected chi connectivity index (χ1v) is 14.3. The zero-order valence-corrected chi connectivity index (χ0v) is 23.3.